The lowest BCUT2D eigenvalue weighted by Crippen LogP contribution is -2.53. The predicted octanol–water partition coefficient (Wildman–Crippen LogP) is 0.239. The number of hydroxylamine groups is 2. The van der Waals surface area contributed by atoms with E-state index in [1.807, 2.05) is 6.92 Å². The van der Waals surface area contributed by atoms with E-state index in [4.69, 9.17) is 9.57 Å². The summed E-state index contributed by atoms with van der Waals surface area (Å²) in [5, 5.41) is 5.08. The summed E-state index contributed by atoms with van der Waals surface area (Å²) in [6.45, 7) is 7.64. The Balaban J connectivity index is 1.55. The van der Waals surface area contributed by atoms with Crippen LogP contribution in [0.4, 0.5) is 0 Å². The molecule has 116 valence electrons. The van der Waals surface area contributed by atoms with Gasteiger partial charge in [-0.1, -0.05) is 6.92 Å². The average Bonchev–Trinajstić information content (AvgIpc) is 2.43. The Kier molecular flexibility index (Phi) is 6.22. The number of nitrogens with zero attached hydrogens (tertiary/aromatic N) is 2. The highest BCUT2D eigenvalue weighted by molar-refractivity contribution is 5.75. The molecule has 0 unspecified atom stereocenters. The van der Waals surface area contributed by atoms with E-state index in [0.29, 0.717) is 12.5 Å². The van der Waals surface area contributed by atoms with E-state index in [-0.39, 0.29) is 12.0 Å². The molecule has 1 N–H and O–H groups in total. The lowest BCUT2D eigenvalue weighted by Gasteiger charge is -2.41. The summed E-state index contributed by atoms with van der Waals surface area (Å²) >= 11 is 0. The summed E-state index contributed by atoms with van der Waals surface area (Å²) in [7, 11) is 1.74. The average molecular weight is 285 g/mol. The van der Waals surface area contributed by atoms with E-state index < -0.39 is 0 Å². The van der Waals surface area contributed by atoms with Gasteiger partial charge < -0.3 is 10.1 Å². The molecule has 0 aromatic rings. The van der Waals surface area contributed by atoms with Gasteiger partial charge in [0.2, 0.25) is 5.91 Å². The minimum atomic E-state index is 0.139. The molecule has 1 heterocycles. The molecular formula is C14H27N3O3. The first-order chi connectivity index (χ1) is 9.71. The molecule has 2 fully saturated rings. The molecule has 2 rings (SSSR count). The number of nitrogens with one attached hydrogen (secondary N) is 1. The fourth-order valence-corrected chi connectivity index (χ4v) is 2.59. The molecule has 20 heavy (non-hydrogen) atoms. The molecule has 1 saturated heterocycles. The number of ether oxygens (including phenoxy) is 1. The van der Waals surface area contributed by atoms with Crippen LogP contribution in [0.15, 0.2) is 0 Å². The third-order valence-corrected chi connectivity index (χ3v) is 4.02. The van der Waals surface area contributed by atoms with Crippen molar-refractivity contribution in [2.45, 2.75) is 38.3 Å². The lowest BCUT2D eigenvalue weighted by molar-refractivity contribution is -0.233. The minimum absolute atomic E-state index is 0.139. The normalized spacial score (nSPS) is 28.1. The van der Waals surface area contributed by atoms with Gasteiger partial charge in [-0.05, 0) is 12.8 Å². The number of carbonyl (C=O) groups is 1. The van der Waals surface area contributed by atoms with Crippen molar-refractivity contribution in [1.82, 2.24) is 15.3 Å². The van der Waals surface area contributed by atoms with Crippen molar-refractivity contribution in [3.8, 4) is 0 Å². The number of amides is 1. The minimum Gasteiger partial charge on any atom is -0.383 e. The number of rotatable bonds is 7. The molecular weight excluding hydrogens is 258 g/mol. The van der Waals surface area contributed by atoms with Crippen molar-refractivity contribution in [1.29, 1.82) is 0 Å². The Labute approximate surface area is 121 Å². The number of piperazine rings is 1. The zero-order valence-electron chi connectivity index (χ0n) is 12.6. The van der Waals surface area contributed by atoms with Crippen molar-refractivity contribution in [3.05, 3.63) is 0 Å². The van der Waals surface area contributed by atoms with Crippen LogP contribution < -0.4 is 5.32 Å². The number of hydrogen-bond donors (Lipinski definition) is 1. The van der Waals surface area contributed by atoms with E-state index in [9.17, 15) is 4.79 Å². The summed E-state index contributed by atoms with van der Waals surface area (Å²) in [6, 6.07) is 0.315. The van der Waals surface area contributed by atoms with Gasteiger partial charge in [-0.2, -0.15) is 5.06 Å². The second kappa shape index (κ2) is 7.93. The molecule has 0 aromatic carbocycles. The summed E-state index contributed by atoms with van der Waals surface area (Å²) in [5.74, 6) is 0.139. The monoisotopic (exact) mass is 285 g/mol. The standard InChI is InChI=1S/C14H27N3O3/c1-3-14(18)15-12-10-13(11-12)20-17-6-4-16(5-7-17)8-9-19-2/h12-13H,3-11H2,1-2H3,(H,15,18). The van der Waals surface area contributed by atoms with Crippen LogP contribution >= 0.6 is 0 Å². The molecule has 1 aliphatic carbocycles. The predicted molar refractivity (Wildman–Crippen MR) is 76.2 cm³/mol. The maximum Gasteiger partial charge on any atom is 0.219 e. The van der Waals surface area contributed by atoms with Gasteiger partial charge in [0, 0.05) is 52.3 Å². The second-order valence-corrected chi connectivity index (χ2v) is 5.58. The summed E-state index contributed by atoms with van der Waals surface area (Å²) < 4.78 is 5.09. The van der Waals surface area contributed by atoms with Crippen molar-refractivity contribution in [2.75, 3.05) is 46.4 Å². The van der Waals surface area contributed by atoms with Crippen molar-refractivity contribution < 1.29 is 14.4 Å². The summed E-state index contributed by atoms with van der Waals surface area (Å²) in [4.78, 5) is 19.6. The largest absolute Gasteiger partial charge is 0.383 e. The molecule has 0 aromatic heterocycles. The first kappa shape index (κ1) is 15.7. The first-order valence-electron chi connectivity index (χ1n) is 7.63. The third-order valence-electron chi connectivity index (χ3n) is 4.02. The van der Waals surface area contributed by atoms with Crippen molar-refractivity contribution >= 4 is 5.91 Å². The zero-order valence-corrected chi connectivity index (χ0v) is 12.6. The Morgan fingerprint density at radius 3 is 2.55 bits per heavy atom. The SMILES string of the molecule is CCC(=O)NC1CC(ON2CCN(CCOC)CC2)C1. The van der Waals surface area contributed by atoms with Gasteiger partial charge in [0.25, 0.3) is 0 Å². The van der Waals surface area contributed by atoms with Gasteiger partial charge >= 0.3 is 0 Å². The van der Waals surface area contributed by atoms with Crippen LogP contribution in [0.2, 0.25) is 0 Å². The van der Waals surface area contributed by atoms with Crippen LogP contribution in [0.1, 0.15) is 26.2 Å². The van der Waals surface area contributed by atoms with Crippen LogP contribution in [-0.2, 0) is 14.4 Å². The quantitative estimate of drug-likeness (QED) is 0.726. The Morgan fingerprint density at radius 2 is 1.95 bits per heavy atom. The highest BCUT2D eigenvalue weighted by Gasteiger charge is 2.33. The molecule has 0 spiro atoms. The molecule has 1 aliphatic heterocycles. The molecule has 0 radical (unpaired) electrons. The number of methoxy groups -OCH3 is 1. The van der Waals surface area contributed by atoms with Gasteiger partial charge in [-0.3, -0.25) is 14.5 Å². The van der Waals surface area contributed by atoms with E-state index in [2.05, 4.69) is 15.3 Å². The Hall–Kier alpha value is -0.690. The molecule has 2 aliphatic rings. The maximum absolute atomic E-state index is 11.3. The summed E-state index contributed by atoms with van der Waals surface area (Å²) in [5.41, 5.74) is 0. The van der Waals surface area contributed by atoms with E-state index in [1.54, 1.807) is 7.11 Å². The van der Waals surface area contributed by atoms with E-state index in [0.717, 1.165) is 52.2 Å². The molecule has 1 amide bonds. The van der Waals surface area contributed by atoms with Gasteiger partial charge in [0.15, 0.2) is 0 Å². The summed E-state index contributed by atoms with van der Waals surface area (Å²) in [6.07, 6.45) is 2.72. The third kappa shape index (κ3) is 4.70. The smallest absolute Gasteiger partial charge is 0.219 e. The van der Waals surface area contributed by atoms with Gasteiger partial charge in [-0.25, -0.2) is 0 Å². The van der Waals surface area contributed by atoms with E-state index >= 15 is 0 Å². The van der Waals surface area contributed by atoms with Gasteiger partial charge in [0.05, 0.1) is 12.7 Å². The second-order valence-electron chi connectivity index (χ2n) is 5.58. The van der Waals surface area contributed by atoms with Crippen molar-refractivity contribution in [2.24, 2.45) is 0 Å². The van der Waals surface area contributed by atoms with Crippen LogP contribution in [-0.4, -0.2) is 74.5 Å². The number of hydrogen-bond acceptors (Lipinski definition) is 5. The highest BCUT2D eigenvalue weighted by atomic mass is 16.7. The maximum atomic E-state index is 11.3. The Morgan fingerprint density at radius 1 is 1.25 bits per heavy atom. The van der Waals surface area contributed by atoms with Crippen LogP contribution in [0.25, 0.3) is 0 Å². The molecule has 1 saturated carbocycles. The van der Waals surface area contributed by atoms with Gasteiger partial charge in [0.1, 0.15) is 0 Å². The van der Waals surface area contributed by atoms with E-state index in [1.165, 1.54) is 0 Å². The van der Waals surface area contributed by atoms with Gasteiger partial charge in [-0.15, -0.1) is 0 Å². The van der Waals surface area contributed by atoms with Crippen molar-refractivity contribution in [3.63, 3.8) is 0 Å². The molecule has 0 bridgehead atoms. The van der Waals surface area contributed by atoms with Crippen LogP contribution in [0.5, 0.6) is 0 Å². The fraction of sp³-hybridized carbons (Fsp3) is 0.929. The molecule has 6 heteroatoms. The highest BCUT2D eigenvalue weighted by Crippen LogP contribution is 2.24. The molecule has 6 nitrogen and oxygen atoms in total. The number of carbonyl (C=O) groups excluding carboxylic acids is 1. The lowest BCUT2D eigenvalue weighted by atomic mass is 9.89. The zero-order chi connectivity index (χ0) is 14.4. The Bertz CT molecular complexity index is 300. The molecule has 0 atom stereocenters. The topological polar surface area (TPSA) is 54.0 Å². The first-order valence-corrected chi connectivity index (χ1v) is 7.63. The fourth-order valence-electron chi connectivity index (χ4n) is 2.59. The van der Waals surface area contributed by atoms with Crippen LogP contribution in [0, 0.1) is 0 Å². The van der Waals surface area contributed by atoms with Crippen LogP contribution in [0.3, 0.4) is 0 Å².